The van der Waals surface area contributed by atoms with Gasteiger partial charge < -0.3 is 4.74 Å². The summed E-state index contributed by atoms with van der Waals surface area (Å²) >= 11 is 1.24. The Bertz CT molecular complexity index is 1270. The first-order valence-electron chi connectivity index (χ1n) is 11.1. The maximum Gasteiger partial charge on any atom is 0.421 e. The molecular weight excluding hydrogens is 488 g/mol. The molecule has 0 saturated heterocycles. The van der Waals surface area contributed by atoms with Crippen molar-refractivity contribution in [2.45, 2.75) is 51.0 Å². The van der Waals surface area contributed by atoms with E-state index in [4.69, 9.17) is 4.74 Å². The van der Waals surface area contributed by atoms with Crippen LogP contribution in [0.3, 0.4) is 0 Å². The Hall–Kier alpha value is -3.31. The number of nitrogens with zero attached hydrogens (tertiary/aromatic N) is 3. The summed E-state index contributed by atoms with van der Waals surface area (Å²) in [7, 11) is -4.10. The maximum atomic E-state index is 13.1. The first-order chi connectivity index (χ1) is 16.5. The van der Waals surface area contributed by atoms with Crippen molar-refractivity contribution in [1.82, 2.24) is 14.9 Å². The number of benzene rings is 2. The van der Waals surface area contributed by atoms with Gasteiger partial charge in [0.2, 0.25) is 5.13 Å². The summed E-state index contributed by atoms with van der Waals surface area (Å²) in [5.41, 5.74) is 0.367. The van der Waals surface area contributed by atoms with Crippen molar-refractivity contribution in [3.05, 3.63) is 60.2 Å². The number of aromatic nitrogens is 2. The van der Waals surface area contributed by atoms with Crippen LogP contribution < -0.4 is 9.62 Å². The average molecular weight is 517 g/mol. The summed E-state index contributed by atoms with van der Waals surface area (Å²) in [5, 5.41) is 9.42. The largest absolute Gasteiger partial charge is 0.443 e. The van der Waals surface area contributed by atoms with Gasteiger partial charge in [-0.05, 0) is 51.5 Å². The molecule has 3 aromatic rings. The van der Waals surface area contributed by atoms with Gasteiger partial charge in [0, 0.05) is 17.7 Å². The summed E-state index contributed by atoms with van der Waals surface area (Å²) in [4.78, 5) is 26.5. The van der Waals surface area contributed by atoms with E-state index in [0.717, 1.165) is 12.8 Å². The van der Waals surface area contributed by atoms with E-state index in [9.17, 15) is 18.0 Å². The summed E-state index contributed by atoms with van der Waals surface area (Å²) < 4.78 is 31.9. The topological polar surface area (TPSA) is 119 Å². The monoisotopic (exact) mass is 516 g/mol. The molecule has 11 heteroatoms. The summed E-state index contributed by atoms with van der Waals surface area (Å²) in [6, 6.07) is 14.9. The van der Waals surface area contributed by atoms with Crippen LogP contribution in [0.15, 0.2) is 59.5 Å². The molecule has 2 aromatic carbocycles. The Morgan fingerprint density at radius 1 is 1.03 bits per heavy atom. The standard InChI is InChI=1S/C24H28N4O5S2/c1-5-6-16-28(21(29)18-10-8-7-9-11-18)22-26-25-20(34-22)17-12-14-19(15-13-17)35(31,32)27-23(30)33-24(2,3)4/h7-15H,5-6,16H2,1-4H3,(H,27,30). The van der Waals surface area contributed by atoms with Gasteiger partial charge in [-0.3, -0.25) is 9.69 Å². The lowest BCUT2D eigenvalue weighted by atomic mass is 10.2. The van der Waals surface area contributed by atoms with Crippen LogP contribution in [-0.4, -0.2) is 42.8 Å². The van der Waals surface area contributed by atoms with Crippen LogP contribution in [0, 0.1) is 0 Å². The van der Waals surface area contributed by atoms with E-state index in [1.165, 1.54) is 23.5 Å². The van der Waals surface area contributed by atoms with E-state index >= 15 is 0 Å². The van der Waals surface area contributed by atoms with Gasteiger partial charge >= 0.3 is 6.09 Å². The number of sulfonamides is 1. The van der Waals surface area contributed by atoms with Crippen molar-refractivity contribution in [1.29, 1.82) is 0 Å². The molecule has 0 atom stereocenters. The molecule has 9 nitrogen and oxygen atoms in total. The smallest absolute Gasteiger partial charge is 0.421 e. The number of unbranched alkanes of at least 4 members (excludes halogenated alkanes) is 1. The summed E-state index contributed by atoms with van der Waals surface area (Å²) in [6.07, 6.45) is 0.674. The third kappa shape index (κ3) is 7.09. The Morgan fingerprint density at radius 2 is 1.69 bits per heavy atom. The van der Waals surface area contributed by atoms with Crippen molar-refractivity contribution in [3.8, 4) is 10.6 Å². The van der Waals surface area contributed by atoms with E-state index in [1.807, 2.05) is 29.8 Å². The number of anilines is 1. The molecule has 0 aliphatic carbocycles. The van der Waals surface area contributed by atoms with Gasteiger partial charge in [0.25, 0.3) is 15.9 Å². The minimum atomic E-state index is -4.10. The molecule has 2 amide bonds. The van der Waals surface area contributed by atoms with E-state index < -0.39 is 21.7 Å². The molecule has 0 fully saturated rings. The Balaban J connectivity index is 1.79. The fourth-order valence-corrected chi connectivity index (χ4v) is 4.77. The van der Waals surface area contributed by atoms with E-state index in [-0.39, 0.29) is 10.8 Å². The van der Waals surface area contributed by atoms with Crippen LogP contribution in [0.2, 0.25) is 0 Å². The van der Waals surface area contributed by atoms with Crippen molar-refractivity contribution in [2.24, 2.45) is 0 Å². The number of hydrogen-bond acceptors (Lipinski definition) is 8. The summed E-state index contributed by atoms with van der Waals surface area (Å²) in [5.74, 6) is -0.156. The van der Waals surface area contributed by atoms with Crippen molar-refractivity contribution < 1.29 is 22.7 Å². The Labute approximate surface area is 209 Å². The normalized spacial score (nSPS) is 11.7. The Kier molecular flexibility index (Phi) is 8.23. The number of carbonyl (C=O) groups is 2. The minimum absolute atomic E-state index is 0.0966. The van der Waals surface area contributed by atoms with Crippen LogP contribution in [0.25, 0.3) is 10.6 Å². The first-order valence-corrected chi connectivity index (χ1v) is 13.4. The van der Waals surface area contributed by atoms with Gasteiger partial charge in [-0.15, -0.1) is 10.2 Å². The molecule has 0 unspecified atom stereocenters. The molecule has 0 spiro atoms. The van der Waals surface area contributed by atoms with Crippen molar-refractivity contribution >= 4 is 38.5 Å². The van der Waals surface area contributed by atoms with Gasteiger partial charge in [-0.2, -0.15) is 0 Å². The lowest BCUT2D eigenvalue weighted by molar-refractivity contribution is 0.0570. The van der Waals surface area contributed by atoms with E-state index in [0.29, 0.717) is 27.8 Å². The maximum absolute atomic E-state index is 13.1. The fraction of sp³-hybridized carbons (Fsp3) is 0.333. The SMILES string of the molecule is CCCCN(C(=O)c1ccccc1)c1nnc(-c2ccc(S(=O)(=O)NC(=O)OC(C)(C)C)cc2)s1. The zero-order valence-corrected chi connectivity index (χ0v) is 21.6. The fourth-order valence-electron chi connectivity index (χ4n) is 3.02. The molecule has 0 aliphatic rings. The van der Waals surface area contributed by atoms with Crippen LogP contribution >= 0.6 is 11.3 Å². The third-order valence-corrected chi connectivity index (χ3v) is 7.00. The second kappa shape index (κ2) is 11.0. The van der Waals surface area contributed by atoms with Crippen LogP contribution in [-0.2, 0) is 14.8 Å². The molecule has 0 bridgehead atoms. The molecule has 35 heavy (non-hydrogen) atoms. The van der Waals surface area contributed by atoms with E-state index in [2.05, 4.69) is 10.2 Å². The lowest BCUT2D eigenvalue weighted by Gasteiger charge is -2.19. The van der Waals surface area contributed by atoms with Crippen LogP contribution in [0.5, 0.6) is 0 Å². The average Bonchev–Trinajstić information content (AvgIpc) is 3.28. The first kappa shape index (κ1) is 26.3. The summed E-state index contributed by atoms with van der Waals surface area (Å²) in [6.45, 7) is 7.47. The molecule has 3 rings (SSSR count). The van der Waals surface area contributed by atoms with Crippen LogP contribution in [0.1, 0.15) is 50.9 Å². The number of ether oxygens (including phenoxy) is 1. The molecule has 0 aliphatic heterocycles. The van der Waals surface area contributed by atoms with Crippen molar-refractivity contribution in [3.63, 3.8) is 0 Å². The zero-order valence-electron chi connectivity index (χ0n) is 20.0. The number of nitrogens with one attached hydrogen (secondary N) is 1. The van der Waals surface area contributed by atoms with Gasteiger partial charge in [-0.1, -0.05) is 55.0 Å². The van der Waals surface area contributed by atoms with Gasteiger partial charge in [-0.25, -0.2) is 17.9 Å². The minimum Gasteiger partial charge on any atom is -0.443 e. The van der Waals surface area contributed by atoms with Crippen LogP contribution in [0.4, 0.5) is 9.93 Å². The quantitative estimate of drug-likeness (QED) is 0.454. The van der Waals surface area contributed by atoms with Crippen molar-refractivity contribution in [2.75, 3.05) is 11.4 Å². The number of carbonyl (C=O) groups excluding carboxylic acids is 2. The van der Waals surface area contributed by atoms with Gasteiger partial charge in [0.05, 0.1) is 4.90 Å². The highest BCUT2D eigenvalue weighted by Gasteiger charge is 2.24. The second-order valence-corrected chi connectivity index (χ2v) is 11.3. The molecule has 1 N–H and O–H groups in total. The molecule has 0 radical (unpaired) electrons. The highest BCUT2D eigenvalue weighted by Crippen LogP contribution is 2.30. The Morgan fingerprint density at radius 3 is 2.29 bits per heavy atom. The highest BCUT2D eigenvalue weighted by molar-refractivity contribution is 7.90. The zero-order chi connectivity index (χ0) is 25.6. The van der Waals surface area contributed by atoms with E-state index in [1.54, 1.807) is 49.9 Å². The second-order valence-electron chi connectivity index (χ2n) is 8.70. The molecule has 0 saturated carbocycles. The lowest BCUT2D eigenvalue weighted by Crippen LogP contribution is -2.36. The number of rotatable bonds is 8. The predicted octanol–water partition coefficient (Wildman–Crippen LogP) is 4.87. The molecule has 186 valence electrons. The number of hydrogen-bond donors (Lipinski definition) is 1. The van der Waals surface area contributed by atoms with Gasteiger partial charge in [0.15, 0.2) is 0 Å². The van der Waals surface area contributed by atoms with Gasteiger partial charge in [0.1, 0.15) is 10.6 Å². The number of amides is 2. The third-order valence-electron chi connectivity index (χ3n) is 4.67. The highest BCUT2D eigenvalue weighted by atomic mass is 32.2. The predicted molar refractivity (Wildman–Crippen MR) is 135 cm³/mol. The molecular formula is C24H28N4O5S2. The molecule has 1 aromatic heterocycles. The molecule has 1 heterocycles.